The van der Waals surface area contributed by atoms with Crippen LogP contribution >= 0.6 is 0 Å². The van der Waals surface area contributed by atoms with Crippen molar-refractivity contribution in [3.05, 3.63) is 36.2 Å². The Kier molecular flexibility index (Phi) is 3.21. The fraction of sp³-hybridized carbons (Fsp3) is 0.429. The molecule has 5 heteroatoms. The number of hydrogen-bond donors (Lipinski definition) is 1. The lowest BCUT2D eigenvalue weighted by molar-refractivity contribution is 0.0763. The number of carbonyl (C=O) groups excluding carboxylic acids is 1. The number of pyridine rings is 1. The molecule has 1 aliphatic heterocycles. The van der Waals surface area contributed by atoms with E-state index in [9.17, 15) is 4.79 Å². The van der Waals surface area contributed by atoms with Crippen molar-refractivity contribution in [3.8, 4) is 0 Å². The summed E-state index contributed by atoms with van der Waals surface area (Å²) in [5, 5.41) is 4.22. The van der Waals surface area contributed by atoms with Crippen molar-refractivity contribution >= 4 is 11.4 Å². The Hall–Kier alpha value is -1.88. The Balaban J connectivity index is 1.87. The molecule has 0 aromatic carbocycles. The normalized spacial score (nSPS) is 20.5. The zero-order valence-electron chi connectivity index (χ0n) is 10.8. The predicted octanol–water partition coefficient (Wildman–Crippen LogP) is 1.29. The Bertz CT molecular complexity index is 592. The molecule has 3 heterocycles. The van der Waals surface area contributed by atoms with Gasteiger partial charge in [-0.25, -0.2) is 4.52 Å². The first kappa shape index (κ1) is 12.2. The van der Waals surface area contributed by atoms with E-state index in [2.05, 4.69) is 5.10 Å². The standard InChI is InChI=1S/C14H18N4O/c15-11-4-3-7-17(9-6-11)14(19)12-10-16-18-8-2-1-5-13(12)18/h1-2,5,8,10-11H,3-4,6-7,9,15H2/t11-/m1/s1. The summed E-state index contributed by atoms with van der Waals surface area (Å²) < 4.78 is 1.73. The quantitative estimate of drug-likeness (QED) is 0.838. The molecular formula is C14H18N4O. The summed E-state index contributed by atoms with van der Waals surface area (Å²) in [6.45, 7) is 1.53. The van der Waals surface area contributed by atoms with E-state index in [1.807, 2.05) is 29.3 Å². The summed E-state index contributed by atoms with van der Waals surface area (Å²) in [5.41, 5.74) is 7.49. The van der Waals surface area contributed by atoms with Crippen molar-refractivity contribution in [2.24, 2.45) is 5.73 Å². The first-order valence-electron chi connectivity index (χ1n) is 6.73. The van der Waals surface area contributed by atoms with Gasteiger partial charge in [0.15, 0.2) is 0 Å². The summed E-state index contributed by atoms with van der Waals surface area (Å²) in [6, 6.07) is 5.97. The van der Waals surface area contributed by atoms with Gasteiger partial charge in [-0.1, -0.05) is 6.07 Å². The minimum Gasteiger partial charge on any atom is -0.338 e. The van der Waals surface area contributed by atoms with Crippen LogP contribution in [0.1, 0.15) is 29.6 Å². The lowest BCUT2D eigenvalue weighted by Crippen LogP contribution is -2.32. The molecule has 0 spiro atoms. The maximum atomic E-state index is 12.6. The Morgan fingerprint density at radius 1 is 1.32 bits per heavy atom. The van der Waals surface area contributed by atoms with E-state index < -0.39 is 0 Å². The van der Waals surface area contributed by atoms with Crippen LogP contribution in [0.4, 0.5) is 0 Å². The van der Waals surface area contributed by atoms with Gasteiger partial charge in [0.2, 0.25) is 0 Å². The number of hydrogen-bond acceptors (Lipinski definition) is 3. The maximum Gasteiger partial charge on any atom is 0.257 e. The number of nitrogens with zero attached hydrogens (tertiary/aromatic N) is 3. The molecule has 100 valence electrons. The maximum absolute atomic E-state index is 12.6. The van der Waals surface area contributed by atoms with Gasteiger partial charge in [0.05, 0.1) is 17.3 Å². The molecular weight excluding hydrogens is 240 g/mol. The minimum absolute atomic E-state index is 0.0651. The molecule has 1 aliphatic rings. The van der Waals surface area contributed by atoms with Crippen LogP contribution in [0.15, 0.2) is 30.6 Å². The molecule has 0 bridgehead atoms. The highest BCUT2D eigenvalue weighted by atomic mass is 16.2. The second-order valence-corrected chi connectivity index (χ2v) is 5.07. The lowest BCUT2D eigenvalue weighted by Gasteiger charge is -2.19. The van der Waals surface area contributed by atoms with Gasteiger partial charge in [-0.2, -0.15) is 5.10 Å². The zero-order valence-corrected chi connectivity index (χ0v) is 10.8. The van der Waals surface area contributed by atoms with Crippen molar-refractivity contribution in [3.63, 3.8) is 0 Å². The molecule has 3 rings (SSSR count). The Morgan fingerprint density at radius 2 is 2.21 bits per heavy atom. The number of rotatable bonds is 1. The van der Waals surface area contributed by atoms with Crippen LogP contribution < -0.4 is 5.73 Å². The van der Waals surface area contributed by atoms with Crippen LogP contribution in [0.5, 0.6) is 0 Å². The highest BCUT2D eigenvalue weighted by Gasteiger charge is 2.22. The molecule has 1 fully saturated rings. The number of nitrogens with two attached hydrogens (primary N) is 1. The van der Waals surface area contributed by atoms with Crippen LogP contribution in [0.2, 0.25) is 0 Å². The summed E-state index contributed by atoms with van der Waals surface area (Å²) in [7, 11) is 0. The predicted molar refractivity (Wildman–Crippen MR) is 72.9 cm³/mol. The van der Waals surface area contributed by atoms with Crippen molar-refractivity contribution in [2.75, 3.05) is 13.1 Å². The van der Waals surface area contributed by atoms with Gasteiger partial charge in [-0.05, 0) is 31.4 Å². The average molecular weight is 258 g/mol. The zero-order chi connectivity index (χ0) is 13.2. The summed E-state index contributed by atoms with van der Waals surface area (Å²) in [5.74, 6) is 0.0651. The molecule has 2 aromatic heterocycles. The third-order valence-corrected chi connectivity index (χ3v) is 3.72. The van der Waals surface area contributed by atoms with E-state index in [-0.39, 0.29) is 11.9 Å². The summed E-state index contributed by atoms with van der Waals surface area (Å²) >= 11 is 0. The van der Waals surface area contributed by atoms with Crippen LogP contribution in [0.3, 0.4) is 0 Å². The second-order valence-electron chi connectivity index (χ2n) is 5.07. The molecule has 1 atom stereocenters. The molecule has 1 amide bonds. The van der Waals surface area contributed by atoms with Crippen LogP contribution in [-0.4, -0.2) is 39.6 Å². The number of likely N-dealkylation sites (tertiary alicyclic amines) is 1. The first-order valence-corrected chi connectivity index (χ1v) is 6.73. The van der Waals surface area contributed by atoms with E-state index in [1.54, 1.807) is 10.7 Å². The van der Waals surface area contributed by atoms with E-state index in [0.717, 1.165) is 37.9 Å². The fourth-order valence-electron chi connectivity index (χ4n) is 2.59. The van der Waals surface area contributed by atoms with E-state index >= 15 is 0 Å². The van der Waals surface area contributed by atoms with Gasteiger partial charge in [0.1, 0.15) is 0 Å². The van der Waals surface area contributed by atoms with Crippen LogP contribution in [-0.2, 0) is 0 Å². The van der Waals surface area contributed by atoms with Crippen molar-refractivity contribution in [2.45, 2.75) is 25.3 Å². The molecule has 0 aliphatic carbocycles. The number of amides is 1. The van der Waals surface area contributed by atoms with Gasteiger partial charge in [0, 0.05) is 25.3 Å². The third kappa shape index (κ3) is 2.33. The minimum atomic E-state index is 0.0651. The van der Waals surface area contributed by atoms with E-state index in [4.69, 9.17) is 5.73 Å². The van der Waals surface area contributed by atoms with Gasteiger partial charge < -0.3 is 10.6 Å². The average Bonchev–Trinajstić information content (AvgIpc) is 2.74. The molecule has 1 saturated heterocycles. The van der Waals surface area contributed by atoms with Crippen LogP contribution in [0.25, 0.3) is 5.52 Å². The molecule has 19 heavy (non-hydrogen) atoms. The number of fused-ring (bicyclic) bond motifs is 1. The van der Waals surface area contributed by atoms with Gasteiger partial charge in [0.25, 0.3) is 5.91 Å². The molecule has 5 nitrogen and oxygen atoms in total. The summed E-state index contributed by atoms with van der Waals surface area (Å²) in [6.07, 6.45) is 6.36. The molecule has 2 N–H and O–H groups in total. The number of aromatic nitrogens is 2. The second kappa shape index (κ2) is 5.01. The van der Waals surface area contributed by atoms with Crippen molar-refractivity contribution in [1.29, 1.82) is 0 Å². The Labute approximate surface area is 112 Å². The van der Waals surface area contributed by atoms with E-state index in [1.165, 1.54) is 0 Å². The monoisotopic (exact) mass is 258 g/mol. The van der Waals surface area contributed by atoms with Crippen molar-refractivity contribution in [1.82, 2.24) is 14.5 Å². The van der Waals surface area contributed by atoms with Crippen molar-refractivity contribution < 1.29 is 4.79 Å². The molecule has 2 aromatic rings. The van der Waals surface area contributed by atoms with Gasteiger partial charge in [-0.3, -0.25) is 4.79 Å². The smallest absolute Gasteiger partial charge is 0.257 e. The lowest BCUT2D eigenvalue weighted by atomic mass is 10.1. The molecule has 0 saturated carbocycles. The van der Waals surface area contributed by atoms with Gasteiger partial charge in [-0.15, -0.1) is 0 Å². The fourth-order valence-corrected chi connectivity index (χ4v) is 2.59. The van der Waals surface area contributed by atoms with Crippen LogP contribution in [0, 0.1) is 0 Å². The first-order chi connectivity index (χ1) is 9.25. The third-order valence-electron chi connectivity index (χ3n) is 3.72. The SMILES string of the molecule is N[C@@H]1CCCN(C(=O)c2cnn3ccccc23)CC1. The van der Waals surface area contributed by atoms with Gasteiger partial charge >= 0.3 is 0 Å². The highest BCUT2D eigenvalue weighted by Crippen LogP contribution is 2.16. The van der Waals surface area contributed by atoms with E-state index in [0.29, 0.717) is 5.56 Å². The molecule has 0 unspecified atom stereocenters. The summed E-state index contributed by atoms with van der Waals surface area (Å²) in [4.78, 5) is 14.5. The Morgan fingerprint density at radius 3 is 3.11 bits per heavy atom. The largest absolute Gasteiger partial charge is 0.338 e. The molecule has 0 radical (unpaired) electrons. The topological polar surface area (TPSA) is 63.6 Å². The highest BCUT2D eigenvalue weighted by molar-refractivity contribution is 6.00. The number of carbonyl (C=O) groups is 1.